The molecule has 0 saturated heterocycles. The topological polar surface area (TPSA) is 92.5 Å². The molecule has 9 heteroatoms. The van der Waals surface area contributed by atoms with Crippen LogP contribution in [0, 0.1) is 19.7 Å². The number of hydrogen-bond donors (Lipinski definition) is 1. The van der Waals surface area contributed by atoms with Crippen molar-refractivity contribution in [1.29, 1.82) is 0 Å². The molecular weight excluding hydrogens is 397 g/mol. The number of nitrogens with one attached hydrogen (secondary N) is 1. The van der Waals surface area contributed by atoms with Crippen molar-refractivity contribution in [3.63, 3.8) is 0 Å². The first kappa shape index (κ1) is 20.5. The van der Waals surface area contributed by atoms with Gasteiger partial charge in [-0.1, -0.05) is 11.2 Å². The Morgan fingerprint density at radius 1 is 1.17 bits per heavy atom. The van der Waals surface area contributed by atoms with E-state index in [4.69, 9.17) is 4.52 Å². The van der Waals surface area contributed by atoms with Gasteiger partial charge in [-0.15, -0.1) is 0 Å². The summed E-state index contributed by atoms with van der Waals surface area (Å²) in [5.74, 6) is -0.187. The van der Waals surface area contributed by atoms with E-state index in [1.165, 1.54) is 35.2 Å². The van der Waals surface area contributed by atoms with Gasteiger partial charge in [0.2, 0.25) is 0 Å². The van der Waals surface area contributed by atoms with Gasteiger partial charge in [0.05, 0.1) is 17.1 Å². The van der Waals surface area contributed by atoms with Gasteiger partial charge in [-0.05, 0) is 56.3 Å². The van der Waals surface area contributed by atoms with Gasteiger partial charge in [0.15, 0.2) is 0 Å². The van der Waals surface area contributed by atoms with Gasteiger partial charge in [0.1, 0.15) is 11.6 Å². The molecule has 0 saturated carbocycles. The monoisotopic (exact) mass is 417 g/mol. The smallest absolute Gasteiger partial charge is 0.261 e. The largest absolute Gasteiger partial charge is 0.361 e. The molecule has 1 amide bonds. The van der Waals surface area contributed by atoms with Crippen LogP contribution in [0.25, 0.3) is 0 Å². The summed E-state index contributed by atoms with van der Waals surface area (Å²) in [4.78, 5) is 14.2. The summed E-state index contributed by atoms with van der Waals surface area (Å²) in [5.41, 5.74) is 1.95. The van der Waals surface area contributed by atoms with Crippen LogP contribution >= 0.6 is 0 Å². The summed E-state index contributed by atoms with van der Waals surface area (Å²) in [6, 6.07) is 10.7. The van der Waals surface area contributed by atoms with E-state index in [2.05, 4.69) is 9.88 Å². The van der Waals surface area contributed by atoms with Crippen LogP contribution in [0.3, 0.4) is 0 Å². The highest BCUT2D eigenvalue weighted by molar-refractivity contribution is 7.92. The lowest BCUT2D eigenvalue weighted by molar-refractivity contribution is 0.0784. The van der Waals surface area contributed by atoms with E-state index in [1.54, 1.807) is 27.0 Å². The standard InChI is InChI=1S/C20H20FN3O4S/c1-13-19(14(2)28-22-13)12-24(3)20(25)15-5-4-6-18(11-15)29(26,27)23-17-9-7-16(21)8-10-17/h4-11,23H,12H2,1-3H3. The molecule has 2 aromatic carbocycles. The number of anilines is 1. The number of benzene rings is 2. The molecule has 0 spiro atoms. The van der Waals surface area contributed by atoms with Gasteiger partial charge < -0.3 is 9.42 Å². The molecular formula is C20H20FN3O4S. The number of aryl methyl sites for hydroxylation is 2. The number of nitrogens with zero attached hydrogens (tertiary/aromatic N) is 2. The van der Waals surface area contributed by atoms with E-state index < -0.39 is 15.8 Å². The van der Waals surface area contributed by atoms with Crippen molar-refractivity contribution in [1.82, 2.24) is 10.1 Å². The lowest BCUT2D eigenvalue weighted by Crippen LogP contribution is -2.27. The molecule has 152 valence electrons. The molecule has 0 aliphatic heterocycles. The molecule has 0 atom stereocenters. The maximum atomic E-state index is 13.0. The predicted molar refractivity (Wildman–Crippen MR) is 105 cm³/mol. The molecule has 29 heavy (non-hydrogen) atoms. The van der Waals surface area contributed by atoms with Crippen LogP contribution in [0.2, 0.25) is 0 Å². The fraction of sp³-hybridized carbons (Fsp3) is 0.200. The van der Waals surface area contributed by atoms with E-state index in [-0.39, 0.29) is 28.6 Å². The Balaban J connectivity index is 1.80. The van der Waals surface area contributed by atoms with E-state index in [0.717, 1.165) is 17.7 Å². The molecule has 0 bridgehead atoms. The third-order valence-electron chi connectivity index (χ3n) is 4.41. The highest BCUT2D eigenvalue weighted by Gasteiger charge is 2.20. The summed E-state index contributed by atoms with van der Waals surface area (Å²) in [6.07, 6.45) is 0. The summed E-state index contributed by atoms with van der Waals surface area (Å²) >= 11 is 0. The second kappa shape index (κ2) is 8.04. The third-order valence-corrected chi connectivity index (χ3v) is 5.79. The Labute approximate surface area is 168 Å². The van der Waals surface area contributed by atoms with Crippen molar-refractivity contribution in [3.05, 3.63) is 76.9 Å². The van der Waals surface area contributed by atoms with Gasteiger partial charge in [-0.2, -0.15) is 0 Å². The molecule has 3 rings (SSSR count). The Morgan fingerprint density at radius 3 is 2.48 bits per heavy atom. The van der Waals surface area contributed by atoms with Gasteiger partial charge >= 0.3 is 0 Å². The van der Waals surface area contributed by atoms with Crippen LogP contribution in [0.4, 0.5) is 10.1 Å². The Morgan fingerprint density at radius 2 is 1.86 bits per heavy atom. The Hall–Kier alpha value is -3.20. The van der Waals surface area contributed by atoms with Crippen LogP contribution in [0.1, 0.15) is 27.4 Å². The van der Waals surface area contributed by atoms with Crippen molar-refractivity contribution in [2.75, 3.05) is 11.8 Å². The van der Waals surface area contributed by atoms with E-state index in [9.17, 15) is 17.6 Å². The minimum absolute atomic E-state index is 0.0709. The van der Waals surface area contributed by atoms with Crippen LogP contribution in [0.5, 0.6) is 0 Å². The second-order valence-electron chi connectivity index (χ2n) is 6.60. The van der Waals surface area contributed by atoms with Gasteiger partial charge in [0.25, 0.3) is 15.9 Å². The Kier molecular flexibility index (Phi) is 5.69. The van der Waals surface area contributed by atoms with Gasteiger partial charge in [0, 0.05) is 23.9 Å². The average Bonchev–Trinajstić information content (AvgIpc) is 3.01. The second-order valence-corrected chi connectivity index (χ2v) is 8.29. The highest BCUT2D eigenvalue weighted by atomic mass is 32.2. The lowest BCUT2D eigenvalue weighted by Gasteiger charge is -2.17. The Bertz CT molecular complexity index is 1120. The molecule has 0 aliphatic rings. The fourth-order valence-corrected chi connectivity index (χ4v) is 3.89. The minimum Gasteiger partial charge on any atom is -0.361 e. The quantitative estimate of drug-likeness (QED) is 0.663. The molecule has 1 aromatic heterocycles. The summed E-state index contributed by atoms with van der Waals surface area (Å²) < 4.78 is 45.7. The number of aromatic nitrogens is 1. The fourth-order valence-electron chi connectivity index (χ4n) is 2.79. The first-order valence-electron chi connectivity index (χ1n) is 8.73. The van der Waals surface area contributed by atoms with Crippen LogP contribution in [-0.4, -0.2) is 31.4 Å². The predicted octanol–water partition coefficient (Wildman–Crippen LogP) is 3.50. The molecule has 0 aliphatic carbocycles. The average molecular weight is 417 g/mol. The normalized spacial score (nSPS) is 11.3. The number of carbonyl (C=O) groups excluding carboxylic acids is 1. The molecule has 0 fully saturated rings. The van der Waals surface area contributed by atoms with E-state index in [1.807, 2.05) is 0 Å². The van der Waals surface area contributed by atoms with Gasteiger partial charge in [-0.25, -0.2) is 12.8 Å². The van der Waals surface area contributed by atoms with E-state index in [0.29, 0.717) is 11.5 Å². The summed E-state index contributed by atoms with van der Waals surface area (Å²) in [5, 5.41) is 3.87. The van der Waals surface area contributed by atoms with Gasteiger partial charge in [-0.3, -0.25) is 9.52 Å². The third kappa shape index (κ3) is 4.62. The van der Waals surface area contributed by atoms with Crippen molar-refractivity contribution in [2.45, 2.75) is 25.3 Å². The number of amides is 1. The number of halogens is 1. The number of hydrogen-bond acceptors (Lipinski definition) is 5. The lowest BCUT2D eigenvalue weighted by atomic mass is 10.1. The molecule has 3 aromatic rings. The molecule has 0 unspecified atom stereocenters. The number of carbonyl (C=O) groups is 1. The first-order chi connectivity index (χ1) is 13.7. The zero-order valence-electron chi connectivity index (χ0n) is 16.1. The minimum atomic E-state index is -3.94. The highest BCUT2D eigenvalue weighted by Crippen LogP contribution is 2.20. The summed E-state index contributed by atoms with van der Waals surface area (Å²) in [7, 11) is -2.32. The van der Waals surface area contributed by atoms with Crippen molar-refractivity contribution < 1.29 is 22.1 Å². The maximum absolute atomic E-state index is 13.0. The number of sulfonamides is 1. The van der Waals surface area contributed by atoms with Crippen molar-refractivity contribution in [2.24, 2.45) is 0 Å². The SMILES string of the molecule is Cc1noc(C)c1CN(C)C(=O)c1cccc(S(=O)(=O)Nc2ccc(F)cc2)c1. The zero-order chi connectivity index (χ0) is 21.2. The van der Waals surface area contributed by atoms with Crippen LogP contribution in [-0.2, 0) is 16.6 Å². The van der Waals surface area contributed by atoms with Crippen molar-refractivity contribution >= 4 is 21.6 Å². The molecule has 7 nitrogen and oxygen atoms in total. The van der Waals surface area contributed by atoms with Crippen LogP contribution in [0.15, 0.2) is 57.9 Å². The van der Waals surface area contributed by atoms with E-state index >= 15 is 0 Å². The van der Waals surface area contributed by atoms with Crippen LogP contribution < -0.4 is 4.72 Å². The van der Waals surface area contributed by atoms with Crippen molar-refractivity contribution in [3.8, 4) is 0 Å². The molecule has 1 heterocycles. The zero-order valence-corrected chi connectivity index (χ0v) is 17.0. The maximum Gasteiger partial charge on any atom is 0.261 e. The molecule has 0 radical (unpaired) electrons. The molecule has 1 N–H and O–H groups in total. The first-order valence-corrected chi connectivity index (χ1v) is 10.2. The summed E-state index contributed by atoms with van der Waals surface area (Å²) in [6.45, 7) is 3.84. The number of rotatable bonds is 6.